The normalized spacial score (nSPS) is 17.8. The lowest BCUT2D eigenvalue weighted by Gasteiger charge is -2.12. The molecule has 0 amide bonds. The fraction of sp³-hybridized carbons (Fsp3) is 0.455. The highest BCUT2D eigenvalue weighted by Gasteiger charge is 2.21. The van der Waals surface area contributed by atoms with Crippen molar-refractivity contribution in [1.29, 1.82) is 0 Å². The lowest BCUT2D eigenvalue weighted by atomic mass is 10.1. The Labute approximate surface area is 99.2 Å². The number of halogens is 2. The molecule has 1 aliphatic carbocycles. The zero-order chi connectivity index (χ0) is 10.8. The summed E-state index contributed by atoms with van der Waals surface area (Å²) < 4.78 is 0. The molecule has 0 radical (unpaired) electrons. The fourth-order valence-corrected chi connectivity index (χ4v) is 1.71. The van der Waals surface area contributed by atoms with E-state index in [2.05, 4.69) is 5.32 Å². The first kappa shape index (κ1) is 11.2. The molecule has 0 bridgehead atoms. The van der Waals surface area contributed by atoms with E-state index < -0.39 is 6.10 Å². The molecule has 2 N–H and O–H groups in total. The van der Waals surface area contributed by atoms with Gasteiger partial charge < -0.3 is 10.4 Å². The monoisotopic (exact) mass is 245 g/mol. The Balaban J connectivity index is 1.97. The molecule has 1 aliphatic rings. The third-order valence-corrected chi connectivity index (χ3v) is 3.24. The maximum Gasteiger partial charge on any atom is 0.0915 e. The molecule has 0 spiro atoms. The van der Waals surface area contributed by atoms with Crippen molar-refractivity contribution in [3.05, 3.63) is 33.8 Å². The third kappa shape index (κ3) is 3.08. The topological polar surface area (TPSA) is 32.3 Å². The molecule has 15 heavy (non-hydrogen) atoms. The molecule has 0 heterocycles. The minimum absolute atomic E-state index is 0.486. The highest BCUT2D eigenvalue weighted by atomic mass is 35.5. The summed E-state index contributed by atoms with van der Waals surface area (Å²) in [5, 5.41) is 14.1. The van der Waals surface area contributed by atoms with Crippen LogP contribution in [0.3, 0.4) is 0 Å². The van der Waals surface area contributed by atoms with Crippen LogP contribution in [0, 0.1) is 0 Å². The van der Waals surface area contributed by atoms with Crippen LogP contribution in [0.15, 0.2) is 18.2 Å². The number of hydrogen-bond acceptors (Lipinski definition) is 2. The summed E-state index contributed by atoms with van der Waals surface area (Å²) in [6, 6.07) is 5.82. The molecule has 1 saturated carbocycles. The summed E-state index contributed by atoms with van der Waals surface area (Å²) in [5.41, 5.74) is 0.803. The van der Waals surface area contributed by atoms with E-state index in [-0.39, 0.29) is 0 Å². The SMILES string of the molecule is O[C@H](CNC1CC1)c1ccc(Cl)c(Cl)c1. The molecule has 1 aromatic rings. The van der Waals surface area contributed by atoms with E-state index in [0.717, 1.165) is 5.56 Å². The molecule has 1 fully saturated rings. The predicted molar refractivity (Wildman–Crippen MR) is 62.4 cm³/mol. The minimum Gasteiger partial charge on any atom is -0.387 e. The summed E-state index contributed by atoms with van der Waals surface area (Å²) in [4.78, 5) is 0. The molecule has 0 saturated heterocycles. The van der Waals surface area contributed by atoms with Gasteiger partial charge in [-0.1, -0.05) is 29.3 Å². The average molecular weight is 246 g/mol. The van der Waals surface area contributed by atoms with Crippen LogP contribution in [0.1, 0.15) is 24.5 Å². The Bertz CT molecular complexity index is 352. The van der Waals surface area contributed by atoms with Gasteiger partial charge in [-0.25, -0.2) is 0 Å². The van der Waals surface area contributed by atoms with Gasteiger partial charge in [0.1, 0.15) is 0 Å². The predicted octanol–water partition coefficient (Wildman–Crippen LogP) is 2.78. The second-order valence-corrected chi connectivity index (χ2v) is 4.69. The number of rotatable bonds is 4. The quantitative estimate of drug-likeness (QED) is 0.856. The Hall–Kier alpha value is -0.280. The second-order valence-electron chi connectivity index (χ2n) is 3.87. The average Bonchev–Trinajstić information content (AvgIpc) is 3.02. The van der Waals surface area contributed by atoms with Crippen LogP contribution in [0.2, 0.25) is 10.0 Å². The van der Waals surface area contributed by atoms with Crippen molar-refractivity contribution >= 4 is 23.2 Å². The smallest absolute Gasteiger partial charge is 0.0915 e. The van der Waals surface area contributed by atoms with E-state index in [0.29, 0.717) is 22.6 Å². The van der Waals surface area contributed by atoms with E-state index in [9.17, 15) is 5.11 Å². The molecular weight excluding hydrogens is 233 g/mol. The molecule has 0 unspecified atom stereocenters. The largest absolute Gasteiger partial charge is 0.387 e. The molecule has 0 aliphatic heterocycles. The van der Waals surface area contributed by atoms with Gasteiger partial charge in [0.05, 0.1) is 16.1 Å². The zero-order valence-corrected chi connectivity index (χ0v) is 9.72. The summed E-state index contributed by atoms with van der Waals surface area (Å²) in [6.45, 7) is 0.572. The van der Waals surface area contributed by atoms with Crippen LogP contribution < -0.4 is 5.32 Å². The first-order chi connectivity index (χ1) is 7.16. The van der Waals surface area contributed by atoms with E-state index in [1.807, 2.05) is 0 Å². The van der Waals surface area contributed by atoms with E-state index in [1.165, 1.54) is 12.8 Å². The summed E-state index contributed by atoms with van der Waals surface area (Å²) in [5.74, 6) is 0. The van der Waals surface area contributed by atoms with Crippen molar-refractivity contribution in [1.82, 2.24) is 5.32 Å². The maximum absolute atomic E-state index is 9.85. The third-order valence-electron chi connectivity index (χ3n) is 2.51. The first-order valence-corrected chi connectivity index (χ1v) is 5.79. The minimum atomic E-state index is -0.514. The Morgan fingerprint density at radius 1 is 1.33 bits per heavy atom. The molecule has 1 aromatic carbocycles. The van der Waals surface area contributed by atoms with E-state index >= 15 is 0 Å². The lowest BCUT2D eigenvalue weighted by Crippen LogP contribution is -2.23. The van der Waals surface area contributed by atoms with Gasteiger partial charge in [-0.05, 0) is 30.5 Å². The molecular formula is C11H13Cl2NO. The van der Waals surface area contributed by atoms with Gasteiger partial charge in [0.15, 0.2) is 0 Å². The number of hydrogen-bond donors (Lipinski definition) is 2. The summed E-state index contributed by atoms with van der Waals surface area (Å²) in [6.07, 6.45) is 1.92. The van der Waals surface area contributed by atoms with Crippen molar-refractivity contribution in [2.45, 2.75) is 25.0 Å². The summed E-state index contributed by atoms with van der Waals surface area (Å²) >= 11 is 11.7. The van der Waals surface area contributed by atoms with Crippen LogP contribution in [0.25, 0.3) is 0 Å². The molecule has 4 heteroatoms. The highest BCUT2D eigenvalue weighted by Crippen LogP contribution is 2.26. The lowest BCUT2D eigenvalue weighted by molar-refractivity contribution is 0.174. The number of aliphatic hydroxyl groups excluding tert-OH is 1. The van der Waals surface area contributed by atoms with Crippen LogP contribution in [-0.4, -0.2) is 17.7 Å². The Kier molecular flexibility index (Phi) is 3.52. The van der Waals surface area contributed by atoms with Gasteiger partial charge in [0.25, 0.3) is 0 Å². The number of aliphatic hydroxyl groups is 1. The zero-order valence-electron chi connectivity index (χ0n) is 8.21. The van der Waals surface area contributed by atoms with Gasteiger partial charge in [-0.3, -0.25) is 0 Å². The van der Waals surface area contributed by atoms with E-state index in [4.69, 9.17) is 23.2 Å². The highest BCUT2D eigenvalue weighted by molar-refractivity contribution is 6.42. The molecule has 82 valence electrons. The Morgan fingerprint density at radius 3 is 2.67 bits per heavy atom. The fourth-order valence-electron chi connectivity index (χ4n) is 1.40. The maximum atomic E-state index is 9.85. The Morgan fingerprint density at radius 2 is 2.07 bits per heavy atom. The van der Waals surface area contributed by atoms with Crippen molar-refractivity contribution < 1.29 is 5.11 Å². The van der Waals surface area contributed by atoms with Crippen LogP contribution in [-0.2, 0) is 0 Å². The number of benzene rings is 1. The van der Waals surface area contributed by atoms with Gasteiger partial charge in [0, 0.05) is 12.6 Å². The molecule has 0 aromatic heterocycles. The van der Waals surface area contributed by atoms with Gasteiger partial charge in [0.2, 0.25) is 0 Å². The molecule has 1 atom stereocenters. The summed E-state index contributed by atoms with van der Waals surface area (Å²) in [7, 11) is 0. The molecule has 2 rings (SSSR count). The number of nitrogens with one attached hydrogen (secondary N) is 1. The van der Waals surface area contributed by atoms with Crippen molar-refractivity contribution in [2.24, 2.45) is 0 Å². The van der Waals surface area contributed by atoms with Crippen molar-refractivity contribution in [2.75, 3.05) is 6.54 Å². The second kappa shape index (κ2) is 4.71. The first-order valence-electron chi connectivity index (χ1n) is 5.03. The molecule has 2 nitrogen and oxygen atoms in total. The van der Waals surface area contributed by atoms with Crippen molar-refractivity contribution in [3.8, 4) is 0 Å². The van der Waals surface area contributed by atoms with Crippen molar-refractivity contribution in [3.63, 3.8) is 0 Å². The van der Waals surface area contributed by atoms with Crippen LogP contribution in [0.4, 0.5) is 0 Å². The van der Waals surface area contributed by atoms with Gasteiger partial charge in [-0.2, -0.15) is 0 Å². The van der Waals surface area contributed by atoms with E-state index in [1.54, 1.807) is 18.2 Å². The van der Waals surface area contributed by atoms with Gasteiger partial charge >= 0.3 is 0 Å². The van der Waals surface area contributed by atoms with Gasteiger partial charge in [-0.15, -0.1) is 0 Å². The standard InChI is InChI=1S/C11H13Cl2NO/c12-9-4-1-7(5-10(9)13)11(15)6-14-8-2-3-8/h1,4-5,8,11,14-15H,2-3,6H2/t11-/m1/s1. The van der Waals surface area contributed by atoms with Crippen LogP contribution >= 0.6 is 23.2 Å². The van der Waals surface area contributed by atoms with Crippen LogP contribution in [0.5, 0.6) is 0 Å².